The maximum absolute atomic E-state index is 13.2. The molecule has 2 aromatic rings. The van der Waals surface area contributed by atoms with E-state index < -0.39 is 11.0 Å². The Kier molecular flexibility index (Phi) is 3.20. The summed E-state index contributed by atoms with van der Waals surface area (Å²) >= 11 is 0. The van der Waals surface area contributed by atoms with Gasteiger partial charge in [-0.2, -0.15) is 0 Å². The first kappa shape index (κ1) is 15.4. The highest BCUT2D eigenvalue weighted by molar-refractivity contribution is 6.18. The van der Waals surface area contributed by atoms with Crippen LogP contribution in [0, 0.1) is 5.41 Å². The lowest BCUT2D eigenvalue weighted by Crippen LogP contribution is -2.59. The van der Waals surface area contributed by atoms with E-state index in [1.54, 1.807) is 11.9 Å². The van der Waals surface area contributed by atoms with Gasteiger partial charge in [0.2, 0.25) is 5.91 Å². The van der Waals surface area contributed by atoms with Gasteiger partial charge in [-0.25, -0.2) is 0 Å². The Morgan fingerprint density at radius 2 is 1.84 bits per heavy atom. The van der Waals surface area contributed by atoms with Crippen LogP contribution in [0.4, 0.5) is 5.69 Å². The van der Waals surface area contributed by atoms with Gasteiger partial charge in [0.05, 0.1) is 17.7 Å². The molecule has 124 valence electrons. The van der Waals surface area contributed by atoms with Crippen molar-refractivity contribution in [3.8, 4) is 0 Å². The zero-order valence-electron chi connectivity index (χ0n) is 14.0. The SMILES string of the molecule is CN1C(=O)[C@@]2(C)CN=C(c3ccccc3)[C@@]2(N=[N+]=[N-])c2ccccc21. The Balaban J connectivity index is 2.10. The first-order chi connectivity index (χ1) is 12.1. The normalized spacial score (nSPS) is 27.2. The van der Waals surface area contributed by atoms with Crippen LogP contribution in [0.25, 0.3) is 10.4 Å². The van der Waals surface area contributed by atoms with Gasteiger partial charge >= 0.3 is 0 Å². The molecule has 0 bridgehead atoms. The zero-order valence-corrected chi connectivity index (χ0v) is 14.0. The summed E-state index contributed by atoms with van der Waals surface area (Å²) in [5.74, 6) is -0.0896. The number of amides is 1. The summed E-state index contributed by atoms with van der Waals surface area (Å²) in [7, 11) is 1.76. The fraction of sp³-hybridized carbons (Fsp3) is 0.263. The average Bonchev–Trinajstić information content (AvgIpc) is 2.96. The van der Waals surface area contributed by atoms with Crippen molar-refractivity contribution in [3.63, 3.8) is 0 Å². The monoisotopic (exact) mass is 331 g/mol. The summed E-state index contributed by atoms with van der Waals surface area (Å²) < 4.78 is 0. The standard InChI is InChI=1S/C19H17N5O/c1-18-12-21-16(13-8-4-3-5-9-13)19(18,22-23-20)14-10-6-7-11-15(14)24(2)17(18)25/h3-11H,12H2,1-2H3/t18-,19+/m1/s1. The van der Waals surface area contributed by atoms with E-state index in [2.05, 4.69) is 10.0 Å². The van der Waals surface area contributed by atoms with Gasteiger partial charge in [-0.15, -0.1) is 0 Å². The van der Waals surface area contributed by atoms with Crippen LogP contribution in [0.2, 0.25) is 0 Å². The molecule has 2 aromatic carbocycles. The van der Waals surface area contributed by atoms with Gasteiger partial charge in [-0.05, 0) is 29.6 Å². The molecule has 0 saturated carbocycles. The van der Waals surface area contributed by atoms with Crippen molar-refractivity contribution in [3.05, 3.63) is 76.2 Å². The minimum Gasteiger partial charge on any atom is -0.315 e. The third-order valence-corrected chi connectivity index (χ3v) is 5.37. The number of carbonyl (C=O) groups is 1. The lowest BCUT2D eigenvalue weighted by Gasteiger charge is -2.47. The quantitative estimate of drug-likeness (QED) is 0.469. The number of fused-ring (bicyclic) bond motifs is 3. The van der Waals surface area contributed by atoms with Crippen LogP contribution in [0.5, 0.6) is 0 Å². The maximum atomic E-state index is 13.2. The number of hydrogen-bond donors (Lipinski definition) is 0. The Labute approximate surface area is 145 Å². The highest BCUT2D eigenvalue weighted by Gasteiger charge is 2.64. The second kappa shape index (κ2) is 5.19. The van der Waals surface area contributed by atoms with Crippen molar-refractivity contribution in [2.24, 2.45) is 15.5 Å². The van der Waals surface area contributed by atoms with Gasteiger partial charge < -0.3 is 4.90 Å². The lowest BCUT2D eigenvalue weighted by molar-refractivity contribution is -0.129. The maximum Gasteiger partial charge on any atom is 0.236 e. The smallest absolute Gasteiger partial charge is 0.236 e. The molecule has 2 atom stereocenters. The summed E-state index contributed by atoms with van der Waals surface area (Å²) in [5, 5.41) is 4.24. The number of hydrogen-bond acceptors (Lipinski definition) is 3. The Bertz CT molecular complexity index is 947. The number of para-hydroxylation sites is 1. The van der Waals surface area contributed by atoms with E-state index in [0.717, 1.165) is 16.8 Å². The molecular weight excluding hydrogens is 314 g/mol. The Morgan fingerprint density at radius 1 is 1.16 bits per heavy atom. The van der Waals surface area contributed by atoms with Gasteiger partial charge in [0, 0.05) is 17.6 Å². The fourth-order valence-corrected chi connectivity index (χ4v) is 4.10. The molecule has 4 rings (SSSR count). The van der Waals surface area contributed by atoms with Crippen LogP contribution in [-0.4, -0.2) is 25.2 Å². The average molecular weight is 331 g/mol. The third kappa shape index (κ3) is 1.77. The van der Waals surface area contributed by atoms with Crippen LogP contribution < -0.4 is 4.90 Å². The second-order valence-corrected chi connectivity index (χ2v) is 6.64. The number of nitrogens with zero attached hydrogens (tertiary/aromatic N) is 5. The minimum atomic E-state index is -1.15. The molecule has 0 spiro atoms. The molecule has 0 aromatic heterocycles. The third-order valence-electron chi connectivity index (χ3n) is 5.37. The number of carbonyl (C=O) groups excluding carboxylic acids is 1. The molecule has 25 heavy (non-hydrogen) atoms. The minimum absolute atomic E-state index is 0.0896. The zero-order chi connectivity index (χ0) is 17.7. The molecule has 1 amide bonds. The lowest BCUT2D eigenvalue weighted by atomic mass is 9.62. The van der Waals surface area contributed by atoms with Gasteiger partial charge in [-0.1, -0.05) is 53.6 Å². The molecule has 0 N–H and O–H groups in total. The number of aliphatic imine (C=N–C) groups is 1. The largest absolute Gasteiger partial charge is 0.315 e. The summed E-state index contributed by atoms with van der Waals surface area (Å²) in [5.41, 5.74) is 10.4. The number of benzene rings is 2. The Morgan fingerprint density at radius 3 is 2.56 bits per heavy atom. The molecule has 0 fully saturated rings. The Hall–Kier alpha value is -3.11. The van der Waals surface area contributed by atoms with Crippen molar-refractivity contribution in [1.82, 2.24) is 0 Å². The van der Waals surface area contributed by atoms with Crippen LogP contribution in [0.15, 0.2) is 64.7 Å². The summed E-state index contributed by atoms with van der Waals surface area (Å²) in [6.07, 6.45) is 0. The predicted octanol–water partition coefficient (Wildman–Crippen LogP) is 3.68. The number of rotatable bonds is 2. The molecular formula is C19H17N5O. The number of azide groups is 1. The first-order valence-electron chi connectivity index (χ1n) is 8.10. The molecule has 0 saturated heterocycles. The van der Waals surface area contributed by atoms with Gasteiger partial charge in [0.1, 0.15) is 5.54 Å². The van der Waals surface area contributed by atoms with E-state index in [0.29, 0.717) is 5.71 Å². The van der Waals surface area contributed by atoms with Crippen LogP contribution >= 0.6 is 0 Å². The molecule has 0 aliphatic carbocycles. The summed E-state index contributed by atoms with van der Waals surface area (Å²) in [6, 6.07) is 17.2. The second-order valence-electron chi connectivity index (χ2n) is 6.64. The first-order valence-corrected chi connectivity index (χ1v) is 8.10. The molecule has 6 heteroatoms. The van der Waals surface area contributed by atoms with Crippen molar-refractivity contribution in [1.29, 1.82) is 0 Å². The van der Waals surface area contributed by atoms with Gasteiger partial charge in [-0.3, -0.25) is 9.79 Å². The van der Waals surface area contributed by atoms with E-state index in [4.69, 9.17) is 4.99 Å². The molecule has 6 nitrogen and oxygen atoms in total. The fourth-order valence-electron chi connectivity index (χ4n) is 4.10. The van der Waals surface area contributed by atoms with Crippen molar-refractivity contribution >= 4 is 17.3 Å². The van der Waals surface area contributed by atoms with Crippen molar-refractivity contribution in [2.45, 2.75) is 12.5 Å². The van der Waals surface area contributed by atoms with Crippen LogP contribution in [-0.2, 0) is 10.3 Å². The van der Waals surface area contributed by atoms with E-state index in [9.17, 15) is 10.3 Å². The highest BCUT2D eigenvalue weighted by atomic mass is 16.2. The van der Waals surface area contributed by atoms with E-state index in [-0.39, 0.29) is 12.5 Å². The van der Waals surface area contributed by atoms with E-state index in [1.807, 2.05) is 61.5 Å². The van der Waals surface area contributed by atoms with Crippen molar-refractivity contribution < 1.29 is 4.79 Å². The molecule has 0 radical (unpaired) electrons. The summed E-state index contributed by atoms with van der Waals surface area (Å²) in [4.78, 5) is 22.7. The topological polar surface area (TPSA) is 81.4 Å². The van der Waals surface area contributed by atoms with Gasteiger partial charge in [0.15, 0.2) is 0 Å². The van der Waals surface area contributed by atoms with Crippen LogP contribution in [0.3, 0.4) is 0 Å². The molecule has 2 heterocycles. The predicted molar refractivity (Wildman–Crippen MR) is 96.6 cm³/mol. The summed E-state index contributed by atoms with van der Waals surface area (Å²) in [6.45, 7) is 2.13. The van der Waals surface area contributed by atoms with E-state index in [1.165, 1.54) is 0 Å². The van der Waals surface area contributed by atoms with E-state index >= 15 is 0 Å². The molecule has 2 aliphatic rings. The molecule has 2 aliphatic heterocycles. The number of anilines is 1. The highest BCUT2D eigenvalue weighted by Crippen LogP contribution is 2.56. The van der Waals surface area contributed by atoms with Gasteiger partial charge in [0.25, 0.3) is 0 Å². The molecule has 0 unspecified atom stereocenters. The van der Waals surface area contributed by atoms with Crippen LogP contribution in [0.1, 0.15) is 18.1 Å². The van der Waals surface area contributed by atoms with Crippen molar-refractivity contribution in [2.75, 3.05) is 18.5 Å².